The lowest BCUT2D eigenvalue weighted by Crippen LogP contribution is -2.39. The van der Waals surface area contributed by atoms with Crippen LogP contribution in [0.4, 0.5) is 0 Å². The number of carbonyl (C=O) groups is 2. The first kappa shape index (κ1) is 33.5. The van der Waals surface area contributed by atoms with Crippen LogP contribution in [0.1, 0.15) is 46.9 Å². The summed E-state index contributed by atoms with van der Waals surface area (Å²) in [6.07, 6.45) is 3.15. The number of halogens is 1. The number of hydrogen-bond acceptors (Lipinski definition) is 10. The van der Waals surface area contributed by atoms with Gasteiger partial charge < -0.3 is 28.8 Å². The Morgan fingerprint density at radius 2 is 1.70 bits per heavy atom. The van der Waals surface area contributed by atoms with Crippen molar-refractivity contribution in [3.63, 3.8) is 0 Å². The van der Waals surface area contributed by atoms with Crippen molar-refractivity contribution in [2.24, 2.45) is 4.99 Å². The van der Waals surface area contributed by atoms with E-state index in [2.05, 4.69) is 20.9 Å². The van der Waals surface area contributed by atoms with Gasteiger partial charge in [-0.2, -0.15) is 0 Å². The fraction of sp³-hybridized carbons (Fsp3) is 0.235. The number of aromatic nitrogens is 1. The van der Waals surface area contributed by atoms with Crippen LogP contribution in [0.25, 0.3) is 6.08 Å². The number of hydrogen-bond donors (Lipinski definition) is 1. The Kier molecular flexibility index (Phi) is 10.5. The lowest BCUT2D eigenvalue weighted by atomic mass is 9.97. The number of carboxylic acids is 1. The normalized spacial score (nSPS) is 14.0. The van der Waals surface area contributed by atoms with Crippen molar-refractivity contribution in [2.75, 3.05) is 27.4 Å². The zero-order valence-corrected chi connectivity index (χ0v) is 28.3. The number of benzene rings is 3. The summed E-state index contributed by atoms with van der Waals surface area (Å²) in [6.45, 7) is 4.75. The smallest absolute Gasteiger partial charge is 0.337 e. The molecule has 0 fully saturated rings. The summed E-state index contributed by atoms with van der Waals surface area (Å²) in [5.41, 5.74) is 2.09. The molecule has 13 heteroatoms. The number of fused-ring (bicyclic) bond motifs is 1. The summed E-state index contributed by atoms with van der Waals surface area (Å²) in [5, 5.41) is 9.14. The Hall–Kier alpha value is -4.88. The van der Waals surface area contributed by atoms with Crippen LogP contribution in [0.5, 0.6) is 23.0 Å². The molecular formula is C34H31BrN2O9S. The third-order valence-corrected chi connectivity index (χ3v) is 8.73. The molecule has 47 heavy (non-hydrogen) atoms. The quantitative estimate of drug-likeness (QED) is 0.203. The highest BCUT2D eigenvalue weighted by atomic mass is 79.9. The number of ether oxygens (including phenoxy) is 5. The van der Waals surface area contributed by atoms with Crippen molar-refractivity contribution in [1.82, 2.24) is 4.57 Å². The maximum absolute atomic E-state index is 14.0. The number of carboxylic acid groups (broad SMARTS) is 1. The van der Waals surface area contributed by atoms with Gasteiger partial charge in [0.05, 0.1) is 53.6 Å². The monoisotopic (exact) mass is 722 g/mol. The fourth-order valence-corrected chi connectivity index (χ4v) is 6.54. The largest absolute Gasteiger partial charge is 0.493 e. The molecule has 3 aromatic carbocycles. The van der Waals surface area contributed by atoms with Gasteiger partial charge in [-0.25, -0.2) is 14.6 Å². The summed E-state index contributed by atoms with van der Waals surface area (Å²) in [4.78, 5) is 42.9. The molecule has 1 N–H and O–H groups in total. The van der Waals surface area contributed by atoms with Crippen molar-refractivity contribution in [3.05, 3.63) is 113 Å². The second-order valence-electron chi connectivity index (χ2n) is 10.1. The molecule has 0 saturated heterocycles. The number of methoxy groups -OCH3 is 2. The van der Waals surface area contributed by atoms with Gasteiger partial charge in [0.25, 0.3) is 5.56 Å². The molecule has 1 aliphatic heterocycles. The number of rotatable bonds is 12. The average molecular weight is 724 g/mol. The predicted octanol–water partition coefficient (Wildman–Crippen LogP) is 4.86. The molecule has 4 aromatic rings. The first-order valence-corrected chi connectivity index (χ1v) is 16.1. The fourth-order valence-electron chi connectivity index (χ4n) is 5.00. The highest BCUT2D eigenvalue weighted by molar-refractivity contribution is 9.10. The van der Waals surface area contributed by atoms with Gasteiger partial charge in [0.1, 0.15) is 6.61 Å². The summed E-state index contributed by atoms with van der Waals surface area (Å²) in [5.74, 6) is 0.294. The number of thiazole rings is 1. The topological polar surface area (TPSA) is 135 Å². The van der Waals surface area contributed by atoms with Crippen LogP contribution in [0.2, 0.25) is 0 Å². The first-order valence-electron chi connectivity index (χ1n) is 14.5. The van der Waals surface area contributed by atoms with Crippen LogP contribution in [0.15, 0.2) is 80.6 Å². The van der Waals surface area contributed by atoms with Gasteiger partial charge in [-0.1, -0.05) is 29.5 Å². The summed E-state index contributed by atoms with van der Waals surface area (Å²) < 4.78 is 30.7. The molecule has 0 saturated carbocycles. The molecule has 244 valence electrons. The van der Waals surface area contributed by atoms with Gasteiger partial charge in [0.2, 0.25) is 0 Å². The van der Waals surface area contributed by atoms with E-state index >= 15 is 0 Å². The lowest BCUT2D eigenvalue weighted by Gasteiger charge is -2.23. The minimum atomic E-state index is -1.00. The van der Waals surface area contributed by atoms with E-state index in [9.17, 15) is 14.4 Å². The lowest BCUT2D eigenvalue weighted by molar-refractivity contribution is -0.136. The zero-order chi connectivity index (χ0) is 33.7. The van der Waals surface area contributed by atoms with Crippen molar-refractivity contribution < 1.29 is 38.4 Å². The molecule has 11 nitrogen and oxygen atoms in total. The maximum Gasteiger partial charge on any atom is 0.337 e. The molecule has 0 amide bonds. The third-order valence-electron chi connectivity index (χ3n) is 7.14. The van der Waals surface area contributed by atoms with E-state index in [4.69, 9.17) is 28.8 Å². The van der Waals surface area contributed by atoms with E-state index in [-0.39, 0.29) is 23.3 Å². The molecule has 0 aliphatic carbocycles. The van der Waals surface area contributed by atoms with Crippen LogP contribution in [-0.2, 0) is 16.1 Å². The van der Waals surface area contributed by atoms with Crippen LogP contribution >= 0.6 is 27.3 Å². The predicted molar refractivity (Wildman–Crippen MR) is 178 cm³/mol. The number of nitrogens with zero attached hydrogens (tertiary/aromatic N) is 2. The summed E-state index contributed by atoms with van der Waals surface area (Å²) in [7, 11) is 2.79. The minimum Gasteiger partial charge on any atom is -0.493 e. The van der Waals surface area contributed by atoms with E-state index in [1.165, 1.54) is 48.5 Å². The Morgan fingerprint density at radius 3 is 2.36 bits per heavy atom. The van der Waals surface area contributed by atoms with E-state index in [1.807, 2.05) is 13.8 Å². The summed E-state index contributed by atoms with van der Waals surface area (Å²) >= 11 is 4.74. The molecule has 1 atom stereocenters. The van der Waals surface area contributed by atoms with Gasteiger partial charge in [0.15, 0.2) is 27.8 Å². The molecule has 5 rings (SSSR count). The van der Waals surface area contributed by atoms with Gasteiger partial charge in [-0.15, -0.1) is 0 Å². The summed E-state index contributed by atoms with van der Waals surface area (Å²) in [6, 6.07) is 14.4. The molecule has 0 unspecified atom stereocenters. The van der Waals surface area contributed by atoms with Crippen molar-refractivity contribution in [3.8, 4) is 23.0 Å². The highest BCUT2D eigenvalue weighted by Gasteiger charge is 2.31. The zero-order valence-electron chi connectivity index (χ0n) is 25.9. The van der Waals surface area contributed by atoms with Gasteiger partial charge in [-0.05, 0) is 88.9 Å². The van der Waals surface area contributed by atoms with Crippen LogP contribution in [-0.4, -0.2) is 49.0 Å². The van der Waals surface area contributed by atoms with Crippen LogP contribution in [0.3, 0.4) is 0 Å². The molecule has 0 radical (unpaired) electrons. The van der Waals surface area contributed by atoms with Gasteiger partial charge >= 0.3 is 11.9 Å². The second kappa shape index (κ2) is 14.7. The Bertz CT molecular complexity index is 2030. The first-order chi connectivity index (χ1) is 22.7. The number of aromatic carboxylic acids is 1. The van der Waals surface area contributed by atoms with Crippen molar-refractivity contribution >= 4 is 45.3 Å². The number of carbonyl (C=O) groups excluding carboxylic acids is 1. The maximum atomic E-state index is 14.0. The van der Waals surface area contributed by atoms with E-state index in [0.717, 1.165) is 5.56 Å². The van der Waals surface area contributed by atoms with Crippen molar-refractivity contribution in [1.29, 1.82) is 0 Å². The molecule has 1 aliphatic rings. The molecular weight excluding hydrogens is 692 g/mol. The molecule has 0 bridgehead atoms. The van der Waals surface area contributed by atoms with E-state index in [1.54, 1.807) is 48.5 Å². The molecule has 1 aromatic heterocycles. The SMILES string of the molecule is CCOc1ccc([C@H]2C(C(=O)OC)=CN=c3s/c(=C\c4cc(Br)c(OCc5ccc(C(=O)O)cc5)c(OC)c4)c(=O)n32)cc1OCC. The Morgan fingerprint density at radius 1 is 0.979 bits per heavy atom. The average Bonchev–Trinajstić information content (AvgIpc) is 3.38. The second-order valence-corrected chi connectivity index (χ2v) is 11.9. The standard InChI is InChI=1S/C34H31BrN2O9S/c1-5-44-25-12-11-22(16-26(25)45-6-2)29-23(33(41)43-4)17-36-34-37(29)31(38)28(47-34)15-20-13-24(35)30(27(14-20)42-3)46-18-19-7-9-21(10-8-19)32(39)40/h7-17,29H,5-6,18H2,1-4H3,(H,39,40)/b28-15-/t29-/m0/s1. The highest BCUT2D eigenvalue weighted by Crippen LogP contribution is 2.38. The molecule has 2 heterocycles. The number of esters is 1. The van der Waals surface area contributed by atoms with E-state index in [0.29, 0.717) is 61.1 Å². The van der Waals surface area contributed by atoms with Gasteiger partial charge in [-0.3, -0.25) is 9.36 Å². The Labute approximate surface area is 282 Å². The Balaban J connectivity index is 1.53. The van der Waals surface area contributed by atoms with Crippen LogP contribution in [0, 0.1) is 0 Å². The van der Waals surface area contributed by atoms with Crippen molar-refractivity contribution in [2.45, 2.75) is 26.5 Å². The van der Waals surface area contributed by atoms with Gasteiger partial charge in [0, 0.05) is 6.20 Å². The van der Waals surface area contributed by atoms with Crippen LogP contribution < -0.4 is 33.8 Å². The minimum absolute atomic E-state index is 0.173. The molecule has 0 spiro atoms. The van der Waals surface area contributed by atoms with E-state index < -0.39 is 18.0 Å². The third kappa shape index (κ3) is 7.10.